The molecule has 6 heteroatoms. The highest BCUT2D eigenvalue weighted by molar-refractivity contribution is 6.37. The molecule has 0 spiro atoms. The van der Waals surface area contributed by atoms with Gasteiger partial charge in [-0.3, -0.25) is 9.59 Å². The predicted octanol–water partition coefficient (Wildman–Crippen LogP) is 3.28. The molecule has 0 aliphatic rings. The lowest BCUT2D eigenvalue weighted by Gasteiger charge is -2.01. The standard InChI is InChI=1S/C19H19FO5/c1-3-13-10-18(15(21)11-16(22)19(23)24-4-2)25-17(13)9-12-5-7-14(20)8-6-12/h5-8,10H,3-4,9,11H2,1-2H3. The molecule has 0 aliphatic heterocycles. The molecule has 0 atom stereocenters. The fourth-order valence-corrected chi connectivity index (χ4v) is 2.36. The highest BCUT2D eigenvalue weighted by Crippen LogP contribution is 2.21. The average molecular weight is 346 g/mol. The molecule has 0 saturated carbocycles. The van der Waals surface area contributed by atoms with Gasteiger partial charge in [0.05, 0.1) is 13.0 Å². The summed E-state index contributed by atoms with van der Waals surface area (Å²) in [6, 6.07) is 7.58. The Morgan fingerprint density at radius 3 is 2.40 bits per heavy atom. The Morgan fingerprint density at radius 2 is 1.80 bits per heavy atom. The summed E-state index contributed by atoms with van der Waals surface area (Å²) in [5, 5.41) is 0. The van der Waals surface area contributed by atoms with E-state index in [1.54, 1.807) is 25.1 Å². The quantitative estimate of drug-likeness (QED) is 0.317. The summed E-state index contributed by atoms with van der Waals surface area (Å²) >= 11 is 0. The summed E-state index contributed by atoms with van der Waals surface area (Å²) in [5.74, 6) is -2.20. The van der Waals surface area contributed by atoms with Gasteiger partial charge in [0, 0.05) is 6.42 Å². The second-order valence-electron chi connectivity index (χ2n) is 5.46. The lowest BCUT2D eigenvalue weighted by atomic mass is 10.1. The number of ether oxygens (including phenoxy) is 1. The summed E-state index contributed by atoms with van der Waals surface area (Å²) in [5.41, 5.74) is 1.67. The van der Waals surface area contributed by atoms with Gasteiger partial charge in [-0.25, -0.2) is 9.18 Å². The molecule has 0 amide bonds. The molecule has 2 rings (SSSR count). The van der Waals surface area contributed by atoms with E-state index in [4.69, 9.17) is 4.42 Å². The molecule has 1 aromatic heterocycles. The number of aryl methyl sites for hydroxylation is 1. The van der Waals surface area contributed by atoms with Gasteiger partial charge in [0.25, 0.3) is 0 Å². The van der Waals surface area contributed by atoms with Crippen LogP contribution in [0.4, 0.5) is 4.39 Å². The van der Waals surface area contributed by atoms with Crippen molar-refractivity contribution in [2.45, 2.75) is 33.1 Å². The predicted molar refractivity (Wildman–Crippen MR) is 87.9 cm³/mol. The van der Waals surface area contributed by atoms with E-state index in [1.165, 1.54) is 12.1 Å². The van der Waals surface area contributed by atoms with E-state index >= 15 is 0 Å². The molecule has 0 fully saturated rings. The molecule has 1 heterocycles. The second kappa shape index (κ2) is 8.37. The lowest BCUT2D eigenvalue weighted by Crippen LogP contribution is -2.20. The van der Waals surface area contributed by atoms with Crippen LogP contribution in [0.5, 0.6) is 0 Å². The molecule has 25 heavy (non-hydrogen) atoms. The summed E-state index contributed by atoms with van der Waals surface area (Å²) < 4.78 is 23.2. The number of furan rings is 1. The second-order valence-corrected chi connectivity index (χ2v) is 5.46. The highest BCUT2D eigenvalue weighted by atomic mass is 19.1. The van der Waals surface area contributed by atoms with Gasteiger partial charge in [0.15, 0.2) is 5.76 Å². The van der Waals surface area contributed by atoms with E-state index in [2.05, 4.69) is 4.74 Å². The number of hydrogen-bond acceptors (Lipinski definition) is 5. The molecule has 1 aromatic carbocycles. The minimum absolute atomic E-state index is 0.0339. The molecular weight excluding hydrogens is 327 g/mol. The summed E-state index contributed by atoms with van der Waals surface area (Å²) in [4.78, 5) is 35.1. The van der Waals surface area contributed by atoms with Crippen molar-refractivity contribution in [1.82, 2.24) is 0 Å². The Labute approximate surface area is 144 Å². The van der Waals surface area contributed by atoms with Crippen molar-refractivity contribution >= 4 is 17.5 Å². The molecule has 0 N–H and O–H groups in total. The van der Waals surface area contributed by atoms with Crippen molar-refractivity contribution in [3.8, 4) is 0 Å². The zero-order chi connectivity index (χ0) is 18.4. The molecule has 0 bridgehead atoms. The largest absolute Gasteiger partial charge is 0.460 e. The van der Waals surface area contributed by atoms with E-state index in [1.807, 2.05) is 6.92 Å². The number of ketones is 2. The smallest absolute Gasteiger partial charge is 0.375 e. The van der Waals surface area contributed by atoms with Gasteiger partial charge < -0.3 is 9.15 Å². The van der Waals surface area contributed by atoms with E-state index in [-0.39, 0.29) is 18.2 Å². The maximum Gasteiger partial charge on any atom is 0.375 e. The minimum Gasteiger partial charge on any atom is -0.460 e. The van der Waals surface area contributed by atoms with E-state index in [9.17, 15) is 18.8 Å². The first kappa shape index (κ1) is 18.6. The van der Waals surface area contributed by atoms with Crippen molar-refractivity contribution in [2.24, 2.45) is 0 Å². The SMILES string of the molecule is CCOC(=O)C(=O)CC(=O)c1cc(CC)c(Cc2ccc(F)cc2)o1. The van der Waals surface area contributed by atoms with Crippen LogP contribution in [0.25, 0.3) is 0 Å². The summed E-state index contributed by atoms with van der Waals surface area (Å²) in [7, 11) is 0. The molecule has 5 nitrogen and oxygen atoms in total. The summed E-state index contributed by atoms with van der Waals surface area (Å²) in [6.45, 7) is 3.56. The highest BCUT2D eigenvalue weighted by Gasteiger charge is 2.23. The first-order valence-corrected chi connectivity index (χ1v) is 8.03. The first-order valence-electron chi connectivity index (χ1n) is 8.03. The van der Waals surface area contributed by atoms with Crippen LogP contribution < -0.4 is 0 Å². The molecule has 0 aliphatic carbocycles. The molecule has 0 radical (unpaired) electrons. The van der Waals surface area contributed by atoms with Gasteiger partial charge in [-0.2, -0.15) is 0 Å². The third-order valence-electron chi connectivity index (χ3n) is 3.65. The third kappa shape index (κ3) is 4.86. The Hall–Kier alpha value is -2.76. The maximum atomic E-state index is 13.0. The van der Waals surface area contributed by atoms with Crippen LogP contribution in [0.2, 0.25) is 0 Å². The van der Waals surface area contributed by atoms with Crippen molar-refractivity contribution < 1.29 is 27.9 Å². The zero-order valence-electron chi connectivity index (χ0n) is 14.1. The fraction of sp³-hybridized carbons (Fsp3) is 0.316. The van der Waals surface area contributed by atoms with Crippen LogP contribution in [0, 0.1) is 5.82 Å². The lowest BCUT2D eigenvalue weighted by molar-refractivity contribution is -0.153. The topological polar surface area (TPSA) is 73.6 Å². The number of esters is 1. The van der Waals surface area contributed by atoms with Crippen LogP contribution in [-0.4, -0.2) is 24.1 Å². The number of Topliss-reactive ketones (excluding diaryl/α,β-unsaturated/α-hetero) is 2. The van der Waals surface area contributed by atoms with Gasteiger partial charge >= 0.3 is 5.97 Å². The first-order chi connectivity index (χ1) is 11.9. The van der Waals surface area contributed by atoms with E-state index in [0.717, 1.165) is 11.1 Å². The van der Waals surface area contributed by atoms with E-state index in [0.29, 0.717) is 18.6 Å². The van der Waals surface area contributed by atoms with Gasteiger partial charge in [-0.15, -0.1) is 0 Å². The molecular formula is C19H19FO5. The Morgan fingerprint density at radius 1 is 1.12 bits per heavy atom. The number of benzene rings is 1. The zero-order valence-corrected chi connectivity index (χ0v) is 14.1. The van der Waals surface area contributed by atoms with Crippen molar-refractivity contribution in [3.63, 3.8) is 0 Å². The van der Waals surface area contributed by atoms with Crippen molar-refractivity contribution in [1.29, 1.82) is 0 Å². The van der Waals surface area contributed by atoms with Crippen LogP contribution in [-0.2, 0) is 27.2 Å². The van der Waals surface area contributed by atoms with Crippen molar-refractivity contribution in [2.75, 3.05) is 6.61 Å². The van der Waals surface area contributed by atoms with Gasteiger partial charge in [-0.05, 0) is 42.7 Å². The Bertz CT molecular complexity index is 774. The van der Waals surface area contributed by atoms with Gasteiger partial charge in [0.2, 0.25) is 11.6 Å². The van der Waals surface area contributed by atoms with Gasteiger partial charge in [0.1, 0.15) is 11.6 Å². The Kier molecular flexibility index (Phi) is 6.22. The van der Waals surface area contributed by atoms with Crippen molar-refractivity contribution in [3.05, 3.63) is 58.8 Å². The molecule has 0 saturated heterocycles. The molecule has 0 unspecified atom stereocenters. The van der Waals surface area contributed by atoms with E-state index < -0.39 is 24.0 Å². The monoisotopic (exact) mass is 346 g/mol. The maximum absolute atomic E-state index is 13.0. The number of halogens is 1. The van der Waals surface area contributed by atoms with Crippen LogP contribution >= 0.6 is 0 Å². The molecule has 2 aromatic rings. The van der Waals surface area contributed by atoms with Crippen LogP contribution in [0.3, 0.4) is 0 Å². The van der Waals surface area contributed by atoms with Gasteiger partial charge in [-0.1, -0.05) is 19.1 Å². The summed E-state index contributed by atoms with van der Waals surface area (Å²) in [6.07, 6.45) is 0.452. The molecule has 132 valence electrons. The normalized spacial score (nSPS) is 10.5. The minimum atomic E-state index is -1.02. The Balaban J connectivity index is 2.13. The van der Waals surface area contributed by atoms with Crippen LogP contribution in [0.15, 0.2) is 34.7 Å². The fourth-order valence-electron chi connectivity index (χ4n) is 2.36. The number of rotatable bonds is 8. The van der Waals surface area contributed by atoms with Crippen LogP contribution in [0.1, 0.15) is 47.7 Å². The number of carbonyl (C=O) groups is 3. The number of hydrogen-bond donors (Lipinski definition) is 0. The average Bonchev–Trinajstić information content (AvgIpc) is 3.00. The number of carbonyl (C=O) groups excluding carboxylic acids is 3. The third-order valence-corrected chi connectivity index (χ3v) is 3.65.